The second-order valence-electron chi connectivity index (χ2n) is 4.85. The fraction of sp³-hybridized carbons (Fsp3) is 1.00. The summed E-state index contributed by atoms with van der Waals surface area (Å²) in [6.45, 7) is 6.04. The van der Waals surface area contributed by atoms with Crippen molar-refractivity contribution in [3.63, 3.8) is 0 Å². The van der Waals surface area contributed by atoms with E-state index in [1.165, 1.54) is 19.1 Å². The molecule has 0 aliphatic heterocycles. The molecule has 0 rings (SSSR count). The van der Waals surface area contributed by atoms with Crippen LogP contribution in [-0.2, 0) is 9.84 Å². The molecule has 0 aliphatic rings. The topological polar surface area (TPSA) is 60.2 Å². The largest absolute Gasteiger partial charge is 0.327 e. The Morgan fingerprint density at radius 2 is 1.81 bits per heavy atom. The van der Waals surface area contributed by atoms with E-state index < -0.39 is 15.1 Å². The molecule has 0 spiro atoms. The molecule has 0 amide bonds. The van der Waals surface area contributed by atoms with E-state index in [0.717, 1.165) is 19.3 Å². The lowest BCUT2D eigenvalue weighted by atomic mass is 9.91. The Bertz CT molecular complexity index is 275. The van der Waals surface area contributed by atoms with Crippen LogP contribution in [0.1, 0.15) is 52.9 Å². The number of unbranched alkanes of at least 4 members (excludes halogenated alkanes) is 1. The highest BCUT2D eigenvalue weighted by Gasteiger charge is 2.24. The van der Waals surface area contributed by atoms with E-state index in [2.05, 4.69) is 13.8 Å². The summed E-state index contributed by atoms with van der Waals surface area (Å²) in [7, 11) is -3.00. The van der Waals surface area contributed by atoms with Crippen molar-refractivity contribution in [1.29, 1.82) is 0 Å². The van der Waals surface area contributed by atoms with Crippen LogP contribution in [0.5, 0.6) is 0 Å². The molecule has 98 valence electrons. The van der Waals surface area contributed by atoms with Gasteiger partial charge >= 0.3 is 0 Å². The molecule has 0 aromatic carbocycles. The van der Waals surface area contributed by atoms with Gasteiger partial charge in [-0.15, -0.1) is 0 Å². The van der Waals surface area contributed by atoms with Gasteiger partial charge < -0.3 is 5.73 Å². The van der Waals surface area contributed by atoms with Gasteiger partial charge in [-0.1, -0.05) is 39.5 Å². The second-order valence-corrected chi connectivity index (χ2v) is 7.25. The zero-order valence-electron chi connectivity index (χ0n) is 11.1. The maximum atomic E-state index is 11.4. The van der Waals surface area contributed by atoms with Crippen molar-refractivity contribution in [1.82, 2.24) is 0 Å². The van der Waals surface area contributed by atoms with Crippen molar-refractivity contribution in [2.24, 2.45) is 11.7 Å². The normalized spacial score (nSPS) is 18.1. The minimum absolute atomic E-state index is 0.225. The van der Waals surface area contributed by atoms with Crippen LogP contribution in [0, 0.1) is 5.92 Å². The summed E-state index contributed by atoms with van der Waals surface area (Å²) in [5.41, 5.74) is 5.97. The molecule has 0 aliphatic carbocycles. The van der Waals surface area contributed by atoms with Gasteiger partial charge in [0.05, 0.1) is 5.25 Å². The summed E-state index contributed by atoms with van der Waals surface area (Å²) in [6, 6.07) is -0.225. The first-order chi connectivity index (χ1) is 7.32. The predicted octanol–water partition coefficient (Wildman–Crippen LogP) is 2.35. The molecule has 0 bridgehead atoms. The molecule has 0 aromatic rings. The summed E-state index contributed by atoms with van der Waals surface area (Å²) < 4.78 is 22.8. The average Bonchev–Trinajstić information content (AvgIpc) is 2.21. The van der Waals surface area contributed by atoms with Crippen molar-refractivity contribution >= 4 is 9.84 Å². The van der Waals surface area contributed by atoms with Gasteiger partial charge in [0.25, 0.3) is 0 Å². The second kappa shape index (κ2) is 7.28. The Morgan fingerprint density at radius 3 is 2.19 bits per heavy atom. The highest BCUT2D eigenvalue weighted by molar-refractivity contribution is 7.91. The minimum atomic E-state index is -3.00. The van der Waals surface area contributed by atoms with E-state index in [4.69, 9.17) is 5.73 Å². The van der Waals surface area contributed by atoms with Gasteiger partial charge in [0.2, 0.25) is 0 Å². The zero-order valence-corrected chi connectivity index (χ0v) is 11.9. The molecule has 0 aromatic heterocycles. The Balaban J connectivity index is 4.24. The van der Waals surface area contributed by atoms with Gasteiger partial charge in [-0.2, -0.15) is 0 Å². The Hall–Kier alpha value is -0.0900. The molecule has 3 atom stereocenters. The molecule has 16 heavy (non-hydrogen) atoms. The van der Waals surface area contributed by atoms with E-state index >= 15 is 0 Å². The first kappa shape index (κ1) is 15.9. The molecule has 0 saturated carbocycles. The SMILES string of the molecule is CCCCC(CC)CC(N)C(C)S(C)(=O)=O. The number of nitrogens with two attached hydrogens (primary N) is 1. The van der Waals surface area contributed by atoms with Crippen molar-refractivity contribution in [3.8, 4) is 0 Å². The standard InChI is InChI=1S/C12H27NO2S/c1-5-7-8-11(6-2)9-12(13)10(3)16(4,14)15/h10-12H,5-9,13H2,1-4H3. The number of rotatable bonds is 8. The lowest BCUT2D eigenvalue weighted by molar-refractivity contribution is 0.379. The van der Waals surface area contributed by atoms with Crippen LogP contribution in [0.4, 0.5) is 0 Å². The molecular weight excluding hydrogens is 222 g/mol. The monoisotopic (exact) mass is 249 g/mol. The van der Waals surface area contributed by atoms with Gasteiger partial charge in [-0.3, -0.25) is 0 Å². The number of hydrogen-bond acceptors (Lipinski definition) is 3. The third-order valence-electron chi connectivity index (χ3n) is 3.43. The first-order valence-corrected chi connectivity index (χ1v) is 8.22. The molecule has 3 nitrogen and oxygen atoms in total. The maximum Gasteiger partial charge on any atom is 0.151 e. The predicted molar refractivity (Wildman–Crippen MR) is 70.2 cm³/mol. The van der Waals surface area contributed by atoms with Gasteiger partial charge in [-0.05, 0) is 19.3 Å². The van der Waals surface area contributed by atoms with Crippen LogP contribution >= 0.6 is 0 Å². The fourth-order valence-corrected chi connectivity index (χ4v) is 2.62. The van der Waals surface area contributed by atoms with E-state index in [1.54, 1.807) is 6.92 Å². The minimum Gasteiger partial charge on any atom is -0.327 e. The highest BCUT2D eigenvalue weighted by atomic mass is 32.2. The van der Waals surface area contributed by atoms with Gasteiger partial charge in [-0.25, -0.2) is 8.42 Å². The molecule has 0 saturated heterocycles. The lowest BCUT2D eigenvalue weighted by Gasteiger charge is -2.23. The zero-order chi connectivity index (χ0) is 12.8. The van der Waals surface area contributed by atoms with Crippen LogP contribution in [0.3, 0.4) is 0 Å². The summed E-state index contributed by atoms with van der Waals surface area (Å²) >= 11 is 0. The van der Waals surface area contributed by atoms with Crippen molar-refractivity contribution in [2.75, 3.05) is 6.26 Å². The Morgan fingerprint density at radius 1 is 1.25 bits per heavy atom. The van der Waals surface area contributed by atoms with E-state index in [1.807, 2.05) is 0 Å². The van der Waals surface area contributed by atoms with Crippen LogP contribution in [-0.4, -0.2) is 26.0 Å². The van der Waals surface area contributed by atoms with Gasteiger partial charge in [0.1, 0.15) is 0 Å². The number of hydrogen-bond donors (Lipinski definition) is 1. The van der Waals surface area contributed by atoms with Gasteiger partial charge in [0.15, 0.2) is 9.84 Å². The molecular formula is C12H27NO2S. The average molecular weight is 249 g/mol. The third kappa shape index (κ3) is 5.85. The quantitative estimate of drug-likeness (QED) is 0.718. The van der Waals surface area contributed by atoms with Crippen LogP contribution in [0.2, 0.25) is 0 Å². The first-order valence-electron chi connectivity index (χ1n) is 6.27. The van der Waals surface area contributed by atoms with Crippen molar-refractivity contribution in [3.05, 3.63) is 0 Å². The van der Waals surface area contributed by atoms with E-state index in [-0.39, 0.29) is 6.04 Å². The van der Waals surface area contributed by atoms with Gasteiger partial charge in [0, 0.05) is 12.3 Å². The van der Waals surface area contributed by atoms with E-state index in [0.29, 0.717) is 5.92 Å². The van der Waals surface area contributed by atoms with E-state index in [9.17, 15) is 8.42 Å². The summed E-state index contributed by atoms with van der Waals surface area (Å²) in [5.74, 6) is 0.569. The molecule has 0 radical (unpaired) electrons. The van der Waals surface area contributed by atoms with Crippen molar-refractivity contribution < 1.29 is 8.42 Å². The van der Waals surface area contributed by atoms with Crippen LogP contribution in [0.25, 0.3) is 0 Å². The smallest absolute Gasteiger partial charge is 0.151 e. The summed E-state index contributed by atoms with van der Waals surface area (Å²) in [5, 5.41) is -0.428. The maximum absolute atomic E-state index is 11.4. The number of sulfone groups is 1. The fourth-order valence-electron chi connectivity index (χ4n) is 1.88. The Kier molecular flexibility index (Phi) is 7.24. The lowest BCUT2D eigenvalue weighted by Crippen LogP contribution is -2.39. The highest BCUT2D eigenvalue weighted by Crippen LogP contribution is 2.20. The molecule has 0 heterocycles. The third-order valence-corrected chi connectivity index (χ3v) is 5.13. The van der Waals surface area contributed by atoms with Crippen LogP contribution in [0.15, 0.2) is 0 Å². The Labute approximate surface area is 101 Å². The molecule has 2 N–H and O–H groups in total. The summed E-state index contributed by atoms with van der Waals surface area (Å²) in [4.78, 5) is 0. The van der Waals surface area contributed by atoms with Crippen molar-refractivity contribution in [2.45, 2.75) is 64.2 Å². The molecule has 0 fully saturated rings. The summed E-state index contributed by atoms with van der Waals surface area (Å²) in [6.07, 6.45) is 6.74. The molecule has 3 unspecified atom stereocenters. The van der Waals surface area contributed by atoms with Crippen LogP contribution < -0.4 is 5.73 Å². The molecule has 4 heteroatoms.